The van der Waals surface area contributed by atoms with Crippen LogP contribution in [-0.2, 0) is 9.59 Å². The Kier molecular flexibility index (Phi) is 4.57. The quantitative estimate of drug-likeness (QED) is 0.645. The lowest BCUT2D eigenvalue weighted by atomic mass is 10.2. The van der Waals surface area contributed by atoms with E-state index in [-0.39, 0.29) is 15.9 Å². The molecule has 0 aliphatic carbocycles. The molecule has 98 valence electrons. The van der Waals surface area contributed by atoms with Gasteiger partial charge in [-0.15, -0.1) is 0 Å². The Morgan fingerprint density at radius 1 is 1.33 bits per heavy atom. The molecule has 0 unspecified atom stereocenters. The molecule has 0 spiro atoms. The SMILES string of the molecule is O=C(O)C[C@H](NC(=O)c1cc(Cl)c(Cl)[nH]1)C(=O)O. The molecule has 0 radical (unpaired) electrons. The van der Waals surface area contributed by atoms with Gasteiger partial charge in [0, 0.05) is 0 Å². The van der Waals surface area contributed by atoms with Crippen molar-refractivity contribution in [3.05, 3.63) is 21.9 Å². The minimum Gasteiger partial charge on any atom is -0.481 e. The highest BCUT2D eigenvalue weighted by atomic mass is 35.5. The molecule has 4 N–H and O–H groups in total. The van der Waals surface area contributed by atoms with Crippen LogP contribution in [0.2, 0.25) is 10.2 Å². The molecule has 7 nitrogen and oxygen atoms in total. The number of hydrogen-bond acceptors (Lipinski definition) is 3. The molecule has 18 heavy (non-hydrogen) atoms. The van der Waals surface area contributed by atoms with Crippen LogP contribution < -0.4 is 5.32 Å². The lowest BCUT2D eigenvalue weighted by Gasteiger charge is -2.11. The van der Waals surface area contributed by atoms with E-state index in [0.29, 0.717) is 0 Å². The minimum absolute atomic E-state index is 0.0342. The predicted molar refractivity (Wildman–Crippen MR) is 62.0 cm³/mol. The number of carbonyl (C=O) groups is 3. The summed E-state index contributed by atoms with van der Waals surface area (Å²) in [6, 6.07) is -0.324. The minimum atomic E-state index is -1.53. The van der Waals surface area contributed by atoms with Crippen LogP contribution in [0.1, 0.15) is 16.9 Å². The maximum absolute atomic E-state index is 11.6. The average molecular weight is 295 g/mol. The van der Waals surface area contributed by atoms with Crippen molar-refractivity contribution in [3.8, 4) is 0 Å². The number of carbonyl (C=O) groups excluding carboxylic acids is 1. The summed E-state index contributed by atoms with van der Waals surface area (Å²) in [5.41, 5.74) is -0.0540. The second kappa shape index (κ2) is 5.74. The lowest BCUT2D eigenvalue weighted by Crippen LogP contribution is -2.42. The number of carboxylic acid groups (broad SMARTS) is 2. The van der Waals surface area contributed by atoms with E-state index in [0.717, 1.165) is 0 Å². The lowest BCUT2D eigenvalue weighted by molar-refractivity contribution is -0.145. The van der Waals surface area contributed by atoms with Gasteiger partial charge in [0.05, 0.1) is 11.4 Å². The highest BCUT2D eigenvalue weighted by Crippen LogP contribution is 2.21. The van der Waals surface area contributed by atoms with Gasteiger partial charge in [-0.3, -0.25) is 9.59 Å². The van der Waals surface area contributed by atoms with Crippen molar-refractivity contribution in [2.45, 2.75) is 12.5 Å². The molecule has 1 atom stereocenters. The molecule has 1 aromatic rings. The van der Waals surface area contributed by atoms with Crippen molar-refractivity contribution >= 4 is 41.0 Å². The molecular formula is C9H8Cl2N2O5. The number of amides is 1. The molecule has 1 amide bonds. The summed E-state index contributed by atoms with van der Waals surface area (Å²) in [4.78, 5) is 35.2. The third-order valence-electron chi connectivity index (χ3n) is 1.95. The zero-order valence-electron chi connectivity index (χ0n) is 8.74. The molecule has 0 aliphatic heterocycles. The third-order valence-corrected chi connectivity index (χ3v) is 2.64. The second-order valence-electron chi connectivity index (χ2n) is 3.31. The van der Waals surface area contributed by atoms with Crippen molar-refractivity contribution in [3.63, 3.8) is 0 Å². The van der Waals surface area contributed by atoms with E-state index in [9.17, 15) is 14.4 Å². The highest BCUT2D eigenvalue weighted by Gasteiger charge is 2.24. The number of aliphatic carboxylic acids is 2. The summed E-state index contributed by atoms with van der Waals surface area (Å²) >= 11 is 11.2. The molecule has 0 bridgehead atoms. The maximum Gasteiger partial charge on any atom is 0.326 e. The van der Waals surface area contributed by atoms with Crippen molar-refractivity contribution < 1.29 is 24.6 Å². The Bertz CT molecular complexity index is 480. The normalized spacial score (nSPS) is 11.9. The first-order valence-corrected chi connectivity index (χ1v) is 5.36. The van der Waals surface area contributed by atoms with Gasteiger partial charge in [-0.25, -0.2) is 4.79 Å². The van der Waals surface area contributed by atoms with E-state index in [1.165, 1.54) is 6.07 Å². The number of H-pyrrole nitrogens is 1. The molecule has 1 heterocycles. The summed E-state index contributed by atoms with van der Waals surface area (Å²) in [6.07, 6.45) is -0.733. The standard InChI is InChI=1S/C9H8Cl2N2O5/c10-3-1-4(12-7(3)11)8(16)13-5(9(17)18)2-6(14)15/h1,5,12H,2H2,(H,13,16)(H,14,15)(H,17,18)/t5-/m0/s1. The Balaban J connectivity index is 2.78. The number of carboxylic acids is 2. The van der Waals surface area contributed by atoms with Crippen LogP contribution in [0, 0.1) is 0 Å². The molecular weight excluding hydrogens is 287 g/mol. The second-order valence-corrected chi connectivity index (χ2v) is 4.09. The van der Waals surface area contributed by atoms with E-state index < -0.39 is 30.3 Å². The fourth-order valence-electron chi connectivity index (χ4n) is 1.14. The van der Waals surface area contributed by atoms with Gasteiger partial charge in [-0.05, 0) is 6.07 Å². The number of hydrogen-bond donors (Lipinski definition) is 4. The number of rotatable bonds is 5. The Hall–Kier alpha value is -1.73. The highest BCUT2D eigenvalue weighted by molar-refractivity contribution is 6.41. The van der Waals surface area contributed by atoms with Gasteiger partial charge in [0.15, 0.2) is 0 Å². The molecule has 0 saturated heterocycles. The van der Waals surface area contributed by atoms with Crippen LogP contribution in [0.25, 0.3) is 0 Å². The number of aromatic amines is 1. The maximum atomic E-state index is 11.6. The van der Waals surface area contributed by atoms with E-state index in [1.54, 1.807) is 0 Å². The zero-order chi connectivity index (χ0) is 13.9. The molecule has 0 fully saturated rings. The number of halogens is 2. The van der Waals surface area contributed by atoms with E-state index in [4.69, 9.17) is 33.4 Å². The van der Waals surface area contributed by atoms with Gasteiger partial charge >= 0.3 is 11.9 Å². The summed E-state index contributed by atoms with van der Waals surface area (Å²) in [5.74, 6) is -3.60. The van der Waals surface area contributed by atoms with Gasteiger partial charge < -0.3 is 20.5 Å². The molecule has 0 aromatic carbocycles. The Morgan fingerprint density at radius 3 is 2.33 bits per heavy atom. The zero-order valence-corrected chi connectivity index (χ0v) is 10.2. The Labute approximate surface area is 111 Å². The van der Waals surface area contributed by atoms with Crippen LogP contribution in [0.5, 0.6) is 0 Å². The monoisotopic (exact) mass is 294 g/mol. The summed E-state index contributed by atoms with van der Waals surface area (Å²) in [5, 5.41) is 19.4. The van der Waals surface area contributed by atoms with Gasteiger partial charge in [0.25, 0.3) is 5.91 Å². The van der Waals surface area contributed by atoms with Gasteiger partial charge in [-0.2, -0.15) is 0 Å². The number of aromatic nitrogens is 1. The Morgan fingerprint density at radius 2 is 1.94 bits per heavy atom. The van der Waals surface area contributed by atoms with Crippen molar-refractivity contribution in [1.82, 2.24) is 10.3 Å². The number of nitrogens with one attached hydrogen (secondary N) is 2. The van der Waals surface area contributed by atoms with E-state index >= 15 is 0 Å². The average Bonchev–Trinajstić information content (AvgIpc) is 2.57. The topological polar surface area (TPSA) is 119 Å². The third kappa shape index (κ3) is 3.64. The first kappa shape index (κ1) is 14.3. The van der Waals surface area contributed by atoms with E-state index in [1.807, 2.05) is 5.32 Å². The van der Waals surface area contributed by atoms with Gasteiger partial charge in [-0.1, -0.05) is 23.2 Å². The summed E-state index contributed by atoms with van der Waals surface area (Å²) in [6.45, 7) is 0. The smallest absolute Gasteiger partial charge is 0.326 e. The summed E-state index contributed by atoms with van der Waals surface area (Å²) in [7, 11) is 0. The fourth-order valence-corrected chi connectivity index (χ4v) is 1.45. The van der Waals surface area contributed by atoms with Crippen LogP contribution in [-0.4, -0.2) is 39.1 Å². The largest absolute Gasteiger partial charge is 0.481 e. The first-order chi connectivity index (χ1) is 8.31. The first-order valence-electron chi connectivity index (χ1n) is 4.60. The van der Waals surface area contributed by atoms with E-state index in [2.05, 4.69) is 4.98 Å². The molecule has 0 aliphatic rings. The van der Waals surface area contributed by atoms with Crippen LogP contribution in [0.15, 0.2) is 6.07 Å². The predicted octanol–water partition coefficient (Wildman–Crippen LogP) is 0.979. The van der Waals surface area contributed by atoms with Crippen LogP contribution in [0.3, 0.4) is 0 Å². The molecule has 1 aromatic heterocycles. The van der Waals surface area contributed by atoms with Crippen molar-refractivity contribution in [1.29, 1.82) is 0 Å². The molecule has 9 heteroatoms. The van der Waals surface area contributed by atoms with Gasteiger partial charge in [0.1, 0.15) is 16.9 Å². The van der Waals surface area contributed by atoms with Crippen molar-refractivity contribution in [2.75, 3.05) is 0 Å². The van der Waals surface area contributed by atoms with Crippen molar-refractivity contribution in [2.24, 2.45) is 0 Å². The van der Waals surface area contributed by atoms with Crippen LogP contribution in [0.4, 0.5) is 0 Å². The van der Waals surface area contributed by atoms with Gasteiger partial charge in [0.2, 0.25) is 0 Å². The summed E-state index contributed by atoms with van der Waals surface area (Å²) < 4.78 is 0. The van der Waals surface area contributed by atoms with Crippen LogP contribution >= 0.6 is 23.2 Å². The fraction of sp³-hybridized carbons (Fsp3) is 0.222. The molecule has 0 saturated carbocycles. The molecule has 1 rings (SSSR count).